The van der Waals surface area contributed by atoms with Crippen LogP contribution >= 0.6 is 11.8 Å². The highest BCUT2D eigenvalue weighted by molar-refractivity contribution is 7.99. The van der Waals surface area contributed by atoms with Gasteiger partial charge in [-0.05, 0) is 48.5 Å². The first kappa shape index (κ1) is 16.7. The van der Waals surface area contributed by atoms with Gasteiger partial charge in [-0.25, -0.2) is 0 Å². The fourth-order valence-corrected chi connectivity index (χ4v) is 4.81. The predicted octanol–water partition coefficient (Wildman–Crippen LogP) is 3.06. The molecule has 0 aromatic heterocycles. The van der Waals surface area contributed by atoms with Gasteiger partial charge in [0.15, 0.2) is 0 Å². The molecule has 0 aromatic carbocycles. The Labute approximate surface area is 131 Å². The summed E-state index contributed by atoms with van der Waals surface area (Å²) in [5.41, 5.74) is -0.206. The summed E-state index contributed by atoms with van der Waals surface area (Å²) in [4.78, 5) is 23.2. The van der Waals surface area contributed by atoms with Crippen molar-refractivity contribution in [1.82, 2.24) is 5.32 Å². The Morgan fingerprint density at radius 3 is 2.43 bits per heavy atom. The third-order valence-electron chi connectivity index (χ3n) is 4.92. The molecule has 0 spiro atoms. The van der Waals surface area contributed by atoms with Crippen molar-refractivity contribution in [3.63, 3.8) is 0 Å². The third-order valence-corrected chi connectivity index (χ3v) is 5.96. The van der Waals surface area contributed by atoms with E-state index in [2.05, 4.69) is 5.32 Å². The number of amides is 1. The van der Waals surface area contributed by atoms with Crippen LogP contribution < -0.4 is 5.32 Å². The van der Waals surface area contributed by atoms with E-state index in [1.54, 1.807) is 0 Å². The molecule has 0 unspecified atom stereocenters. The molecule has 0 atom stereocenters. The lowest BCUT2D eigenvalue weighted by atomic mass is 9.71. The Kier molecular flexibility index (Phi) is 6.40. The van der Waals surface area contributed by atoms with E-state index in [0.29, 0.717) is 18.9 Å². The van der Waals surface area contributed by atoms with Crippen molar-refractivity contribution < 1.29 is 14.7 Å². The maximum atomic E-state index is 12.1. The summed E-state index contributed by atoms with van der Waals surface area (Å²) in [7, 11) is 0. The van der Waals surface area contributed by atoms with Crippen LogP contribution in [-0.2, 0) is 9.59 Å². The van der Waals surface area contributed by atoms with Crippen molar-refractivity contribution in [2.75, 3.05) is 18.1 Å². The van der Waals surface area contributed by atoms with Crippen LogP contribution in [0.5, 0.6) is 0 Å². The lowest BCUT2D eigenvalue weighted by Crippen LogP contribution is -2.41. The summed E-state index contributed by atoms with van der Waals surface area (Å²) in [6.45, 7) is 0.541. The molecular formula is C16H27NO3S. The monoisotopic (exact) mass is 313 g/mol. The van der Waals surface area contributed by atoms with Crippen molar-refractivity contribution in [1.29, 1.82) is 0 Å². The molecule has 0 bridgehead atoms. The second-order valence-corrected chi connectivity index (χ2v) is 7.89. The summed E-state index contributed by atoms with van der Waals surface area (Å²) in [6, 6.07) is 0. The zero-order valence-electron chi connectivity index (χ0n) is 12.7. The minimum atomic E-state index is -0.740. The maximum absolute atomic E-state index is 12.1. The van der Waals surface area contributed by atoms with Gasteiger partial charge in [-0.2, -0.15) is 11.8 Å². The SMILES string of the molecule is O=C(O)CC1(CNC(=O)CC2CCSCC2)CCCCC1. The third kappa shape index (κ3) is 5.53. The van der Waals surface area contributed by atoms with E-state index >= 15 is 0 Å². The van der Waals surface area contributed by atoms with Crippen LogP contribution in [-0.4, -0.2) is 35.0 Å². The van der Waals surface area contributed by atoms with Gasteiger partial charge < -0.3 is 10.4 Å². The van der Waals surface area contributed by atoms with E-state index in [1.165, 1.54) is 17.9 Å². The Bertz CT molecular complexity index is 361. The quantitative estimate of drug-likeness (QED) is 0.791. The average molecular weight is 313 g/mol. The molecule has 1 heterocycles. The molecule has 21 heavy (non-hydrogen) atoms. The zero-order valence-corrected chi connectivity index (χ0v) is 13.6. The number of nitrogens with one attached hydrogen (secondary N) is 1. The summed E-state index contributed by atoms with van der Waals surface area (Å²) < 4.78 is 0. The Morgan fingerprint density at radius 2 is 1.81 bits per heavy atom. The first-order valence-electron chi connectivity index (χ1n) is 8.16. The molecule has 1 saturated heterocycles. The van der Waals surface area contributed by atoms with Crippen molar-refractivity contribution in [2.24, 2.45) is 11.3 Å². The summed E-state index contributed by atoms with van der Waals surface area (Å²) in [5.74, 6) is 2.23. The molecule has 1 aliphatic heterocycles. The molecule has 2 rings (SSSR count). The van der Waals surface area contributed by atoms with E-state index in [-0.39, 0.29) is 17.7 Å². The van der Waals surface area contributed by atoms with Gasteiger partial charge in [0.05, 0.1) is 6.42 Å². The van der Waals surface area contributed by atoms with Crippen molar-refractivity contribution >= 4 is 23.6 Å². The molecule has 120 valence electrons. The number of carbonyl (C=O) groups is 2. The fraction of sp³-hybridized carbons (Fsp3) is 0.875. The number of hydrogen-bond acceptors (Lipinski definition) is 3. The van der Waals surface area contributed by atoms with E-state index < -0.39 is 5.97 Å². The molecule has 1 aliphatic carbocycles. The van der Waals surface area contributed by atoms with Crippen LogP contribution in [0.4, 0.5) is 0 Å². The Balaban J connectivity index is 1.79. The molecule has 2 N–H and O–H groups in total. The minimum absolute atomic E-state index is 0.113. The molecule has 5 heteroatoms. The molecule has 2 aliphatic rings. The van der Waals surface area contributed by atoms with E-state index in [9.17, 15) is 9.59 Å². The van der Waals surface area contributed by atoms with Gasteiger partial charge in [0.25, 0.3) is 0 Å². The first-order valence-corrected chi connectivity index (χ1v) is 9.31. The topological polar surface area (TPSA) is 66.4 Å². The van der Waals surface area contributed by atoms with Gasteiger partial charge in [-0.3, -0.25) is 9.59 Å². The highest BCUT2D eigenvalue weighted by Crippen LogP contribution is 2.38. The number of aliphatic carboxylic acids is 1. The van der Waals surface area contributed by atoms with Crippen molar-refractivity contribution in [3.8, 4) is 0 Å². The standard InChI is InChI=1S/C16H27NO3S/c18-14(10-13-4-8-21-9-5-13)17-12-16(11-15(19)20)6-2-1-3-7-16/h13H,1-12H2,(H,17,18)(H,19,20). The van der Waals surface area contributed by atoms with Gasteiger partial charge in [-0.1, -0.05) is 19.3 Å². The van der Waals surface area contributed by atoms with Gasteiger partial charge in [0, 0.05) is 13.0 Å². The zero-order chi connectivity index (χ0) is 15.1. The molecular weight excluding hydrogens is 286 g/mol. The normalized spacial score (nSPS) is 22.7. The van der Waals surface area contributed by atoms with Crippen LogP contribution in [0, 0.1) is 11.3 Å². The van der Waals surface area contributed by atoms with Crippen LogP contribution in [0.1, 0.15) is 57.8 Å². The van der Waals surface area contributed by atoms with Crippen LogP contribution in [0.15, 0.2) is 0 Å². The fourth-order valence-electron chi connectivity index (χ4n) is 3.61. The average Bonchev–Trinajstić information content (AvgIpc) is 2.47. The number of carbonyl (C=O) groups excluding carboxylic acids is 1. The maximum Gasteiger partial charge on any atom is 0.303 e. The Morgan fingerprint density at radius 1 is 1.14 bits per heavy atom. The summed E-state index contributed by atoms with van der Waals surface area (Å²) in [6.07, 6.45) is 8.30. The summed E-state index contributed by atoms with van der Waals surface area (Å²) in [5, 5.41) is 12.2. The molecule has 1 amide bonds. The molecule has 1 saturated carbocycles. The largest absolute Gasteiger partial charge is 0.481 e. The number of rotatable bonds is 6. The second kappa shape index (κ2) is 8.06. The molecule has 0 aromatic rings. The van der Waals surface area contributed by atoms with Crippen LogP contribution in [0.3, 0.4) is 0 Å². The predicted molar refractivity (Wildman–Crippen MR) is 85.4 cm³/mol. The lowest BCUT2D eigenvalue weighted by molar-refractivity contribution is -0.140. The molecule has 2 fully saturated rings. The highest BCUT2D eigenvalue weighted by Gasteiger charge is 2.34. The van der Waals surface area contributed by atoms with Crippen molar-refractivity contribution in [2.45, 2.75) is 57.8 Å². The van der Waals surface area contributed by atoms with E-state index in [4.69, 9.17) is 5.11 Å². The van der Waals surface area contributed by atoms with Gasteiger partial charge in [0.2, 0.25) is 5.91 Å². The minimum Gasteiger partial charge on any atom is -0.481 e. The molecule has 0 radical (unpaired) electrons. The van der Waals surface area contributed by atoms with Gasteiger partial charge in [0.1, 0.15) is 0 Å². The van der Waals surface area contributed by atoms with Crippen molar-refractivity contribution in [3.05, 3.63) is 0 Å². The Hall–Kier alpha value is -0.710. The van der Waals surface area contributed by atoms with Crippen LogP contribution in [0.2, 0.25) is 0 Å². The second-order valence-electron chi connectivity index (χ2n) is 6.67. The lowest BCUT2D eigenvalue weighted by Gasteiger charge is -2.36. The highest BCUT2D eigenvalue weighted by atomic mass is 32.2. The number of carboxylic acid groups (broad SMARTS) is 1. The van der Waals surface area contributed by atoms with Crippen LogP contribution in [0.25, 0.3) is 0 Å². The smallest absolute Gasteiger partial charge is 0.303 e. The number of thioether (sulfide) groups is 1. The van der Waals surface area contributed by atoms with Gasteiger partial charge >= 0.3 is 5.97 Å². The number of hydrogen-bond donors (Lipinski definition) is 2. The van der Waals surface area contributed by atoms with Gasteiger partial charge in [-0.15, -0.1) is 0 Å². The first-order chi connectivity index (χ1) is 10.1. The van der Waals surface area contributed by atoms with E-state index in [0.717, 1.165) is 38.5 Å². The molecule has 4 nitrogen and oxygen atoms in total. The summed E-state index contributed by atoms with van der Waals surface area (Å²) >= 11 is 1.97. The number of carboxylic acids is 1. The van der Waals surface area contributed by atoms with E-state index in [1.807, 2.05) is 11.8 Å².